The van der Waals surface area contributed by atoms with Crippen LogP contribution in [0, 0.1) is 5.82 Å². The van der Waals surface area contributed by atoms with Gasteiger partial charge in [0.05, 0.1) is 0 Å². The van der Waals surface area contributed by atoms with Gasteiger partial charge in [0, 0.05) is 11.8 Å². The molecule has 0 fully saturated rings. The Hall–Kier alpha value is -1.84. The first-order valence-corrected chi connectivity index (χ1v) is 6.02. The zero-order valence-corrected chi connectivity index (χ0v) is 10.7. The van der Waals surface area contributed by atoms with Crippen molar-refractivity contribution in [1.82, 2.24) is 4.98 Å². The summed E-state index contributed by atoms with van der Waals surface area (Å²) >= 11 is 0. The van der Waals surface area contributed by atoms with Crippen molar-refractivity contribution < 1.29 is 13.2 Å². The van der Waals surface area contributed by atoms with Crippen molar-refractivity contribution in [3.8, 4) is 11.1 Å². The largest absolute Gasteiger partial charge is 0.280 e. The molecule has 0 amide bonds. The van der Waals surface area contributed by atoms with Crippen LogP contribution in [0.5, 0.6) is 0 Å². The maximum Gasteiger partial charge on any atom is 0.280 e. The Morgan fingerprint density at radius 1 is 1.00 bits per heavy atom. The van der Waals surface area contributed by atoms with Crippen LogP contribution in [0.4, 0.5) is 13.2 Å². The molecule has 2 rings (SSSR count). The quantitative estimate of drug-likeness (QED) is 0.765. The topological polar surface area (TPSA) is 12.9 Å². The van der Waals surface area contributed by atoms with Crippen LogP contribution in [0.25, 0.3) is 11.1 Å². The van der Waals surface area contributed by atoms with Crippen LogP contribution in [-0.4, -0.2) is 4.98 Å². The molecule has 100 valence electrons. The van der Waals surface area contributed by atoms with E-state index in [2.05, 4.69) is 4.98 Å². The lowest BCUT2D eigenvalue weighted by molar-refractivity contribution is 0.146. The monoisotopic (exact) mass is 265 g/mol. The molecule has 0 spiro atoms. The van der Waals surface area contributed by atoms with Gasteiger partial charge in [-0.2, -0.15) is 0 Å². The van der Waals surface area contributed by atoms with Gasteiger partial charge in [-0.1, -0.05) is 26.0 Å². The molecule has 1 heterocycles. The molecule has 0 atom stereocenters. The highest BCUT2D eigenvalue weighted by molar-refractivity contribution is 5.63. The highest BCUT2D eigenvalue weighted by Gasteiger charge is 2.10. The van der Waals surface area contributed by atoms with E-state index < -0.39 is 6.43 Å². The summed E-state index contributed by atoms with van der Waals surface area (Å²) in [6.07, 6.45) is -1.24. The Morgan fingerprint density at radius 3 is 2.26 bits per heavy atom. The van der Waals surface area contributed by atoms with Crippen LogP contribution in [-0.2, 0) is 0 Å². The third-order valence-corrected chi connectivity index (χ3v) is 2.93. The number of hydrogen-bond donors (Lipinski definition) is 0. The fourth-order valence-electron chi connectivity index (χ4n) is 1.82. The highest BCUT2D eigenvalue weighted by atomic mass is 19.3. The predicted octanol–water partition coefficient (Wildman–Crippen LogP) is 4.95. The summed E-state index contributed by atoms with van der Waals surface area (Å²) in [6.45, 7) is 3.94. The van der Waals surface area contributed by atoms with Gasteiger partial charge in [-0.15, -0.1) is 0 Å². The first-order chi connectivity index (χ1) is 8.97. The third kappa shape index (κ3) is 3.13. The molecule has 0 N–H and O–H groups in total. The second-order valence-corrected chi connectivity index (χ2v) is 4.70. The average Bonchev–Trinajstić information content (AvgIpc) is 2.38. The van der Waals surface area contributed by atoms with Crippen LogP contribution in [0.3, 0.4) is 0 Å². The van der Waals surface area contributed by atoms with E-state index >= 15 is 0 Å². The number of benzene rings is 1. The Morgan fingerprint density at radius 2 is 1.74 bits per heavy atom. The van der Waals surface area contributed by atoms with E-state index in [1.165, 1.54) is 30.5 Å². The summed E-state index contributed by atoms with van der Waals surface area (Å²) in [5.74, 6) is -0.137. The fraction of sp³-hybridized carbons (Fsp3) is 0.267. The first kappa shape index (κ1) is 13.6. The predicted molar refractivity (Wildman–Crippen MR) is 68.7 cm³/mol. The number of rotatable bonds is 3. The molecule has 0 unspecified atom stereocenters. The number of halogens is 3. The maximum absolute atomic E-state index is 13.5. The van der Waals surface area contributed by atoms with Gasteiger partial charge in [-0.05, 0) is 35.2 Å². The molecule has 0 radical (unpaired) electrons. The Kier molecular flexibility index (Phi) is 3.88. The van der Waals surface area contributed by atoms with E-state index in [0.717, 1.165) is 5.56 Å². The standard InChI is InChI=1S/C15H14F3N/c1-9(2)11-5-12(7-13(16)6-11)10-3-4-14(15(17)18)19-8-10/h3-9,15H,1-2H3. The van der Waals surface area contributed by atoms with Crippen molar-refractivity contribution in [2.24, 2.45) is 0 Å². The Bertz CT molecular complexity index is 562. The van der Waals surface area contributed by atoms with Gasteiger partial charge in [0.2, 0.25) is 0 Å². The minimum atomic E-state index is -2.59. The summed E-state index contributed by atoms with van der Waals surface area (Å²) in [5.41, 5.74) is 1.87. The SMILES string of the molecule is CC(C)c1cc(F)cc(-c2ccc(C(F)F)nc2)c1. The molecule has 1 aromatic heterocycles. The second-order valence-electron chi connectivity index (χ2n) is 4.70. The fourth-order valence-corrected chi connectivity index (χ4v) is 1.82. The van der Waals surface area contributed by atoms with Crippen molar-refractivity contribution in [2.75, 3.05) is 0 Å². The average molecular weight is 265 g/mol. The van der Waals surface area contributed by atoms with Crippen molar-refractivity contribution in [1.29, 1.82) is 0 Å². The van der Waals surface area contributed by atoms with Crippen LogP contribution >= 0.6 is 0 Å². The van der Waals surface area contributed by atoms with Gasteiger partial charge in [0.15, 0.2) is 0 Å². The van der Waals surface area contributed by atoms with Crippen molar-refractivity contribution >= 4 is 0 Å². The molecule has 4 heteroatoms. The van der Waals surface area contributed by atoms with Crippen LogP contribution in [0.15, 0.2) is 36.5 Å². The zero-order valence-electron chi connectivity index (χ0n) is 10.7. The molecule has 0 saturated heterocycles. The van der Waals surface area contributed by atoms with E-state index in [-0.39, 0.29) is 17.4 Å². The zero-order chi connectivity index (χ0) is 14.0. The van der Waals surface area contributed by atoms with E-state index in [0.29, 0.717) is 11.1 Å². The molecule has 0 aliphatic heterocycles. The Balaban J connectivity index is 2.41. The molecular weight excluding hydrogens is 251 g/mol. The molecule has 2 aromatic rings. The second kappa shape index (κ2) is 5.43. The molecule has 0 aliphatic carbocycles. The number of alkyl halides is 2. The number of pyridine rings is 1. The molecule has 0 aliphatic rings. The summed E-state index contributed by atoms with van der Waals surface area (Å²) in [7, 11) is 0. The van der Waals surface area contributed by atoms with Crippen molar-refractivity contribution in [3.05, 3.63) is 53.6 Å². The number of hydrogen-bond acceptors (Lipinski definition) is 1. The van der Waals surface area contributed by atoms with Crippen LogP contribution < -0.4 is 0 Å². The summed E-state index contributed by atoms with van der Waals surface area (Å²) < 4.78 is 38.4. The molecule has 19 heavy (non-hydrogen) atoms. The molecule has 1 nitrogen and oxygen atoms in total. The molecular formula is C15H14F3N. The lowest BCUT2D eigenvalue weighted by atomic mass is 9.98. The maximum atomic E-state index is 13.5. The molecule has 0 bridgehead atoms. The lowest BCUT2D eigenvalue weighted by Gasteiger charge is -2.09. The lowest BCUT2D eigenvalue weighted by Crippen LogP contribution is -1.93. The van der Waals surface area contributed by atoms with Crippen LogP contribution in [0.2, 0.25) is 0 Å². The van der Waals surface area contributed by atoms with Crippen molar-refractivity contribution in [3.63, 3.8) is 0 Å². The van der Waals surface area contributed by atoms with E-state index in [1.54, 1.807) is 0 Å². The van der Waals surface area contributed by atoms with Gasteiger partial charge in [-0.3, -0.25) is 4.98 Å². The smallest absolute Gasteiger partial charge is 0.255 e. The van der Waals surface area contributed by atoms with E-state index in [1.807, 2.05) is 19.9 Å². The summed E-state index contributed by atoms with van der Waals surface area (Å²) in [6, 6.07) is 7.51. The minimum absolute atomic E-state index is 0.197. The van der Waals surface area contributed by atoms with Gasteiger partial charge in [-0.25, -0.2) is 13.2 Å². The first-order valence-electron chi connectivity index (χ1n) is 6.02. The van der Waals surface area contributed by atoms with Gasteiger partial charge in [0.1, 0.15) is 11.5 Å². The van der Waals surface area contributed by atoms with E-state index in [4.69, 9.17) is 0 Å². The van der Waals surface area contributed by atoms with Crippen LogP contribution in [0.1, 0.15) is 37.4 Å². The van der Waals surface area contributed by atoms with E-state index in [9.17, 15) is 13.2 Å². The van der Waals surface area contributed by atoms with Gasteiger partial charge >= 0.3 is 0 Å². The summed E-state index contributed by atoms with van der Waals surface area (Å²) in [4.78, 5) is 3.69. The van der Waals surface area contributed by atoms with Crippen molar-refractivity contribution in [2.45, 2.75) is 26.2 Å². The number of aromatic nitrogens is 1. The highest BCUT2D eigenvalue weighted by Crippen LogP contribution is 2.26. The van der Waals surface area contributed by atoms with Gasteiger partial charge in [0.25, 0.3) is 6.43 Å². The summed E-state index contributed by atoms with van der Waals surface area (Å²) in [5, 5.41) is 0. The Labute approximate surface area is 110 Å². The third-order valence-electron chi connectivity index (χ3n) is 2.93. The minimum Gasteiger partial charge on any atom is -0.255 e. The van der Waals surface area contributed by atoms with Gasteiger partial charge < -0.3 is 0 Å². The molecule has 1 aromatic carbocycles. The normalized spacial score (nSPS) is 11.3. The number of nitrogens with zero attached hydrogens (tertiary/aromatic N) is 1. The molecule has 0 saturated carbocycles.